The average molecular weight is 381 g/mol. The van der Waals surface area contributed by atoms with Gasteiger partial charge >= 0.3 is 0 Å². The maximum atomic E-state index is 11.9. The highest BCUT2D eigenvalue weighted by Gasteiger charge is 2.15. The molecule has 3 aromatic rings. The van der Waals surface area contributed by atoms with Gasteiger partial charge in [0.2, 0.25) is 5.88 Å². The molecule has 3 N–H and O–H groups in total. The van der Waals surface area contributed by atoms with Crippen LogP contribution < -0.4 is 5.32 Å². The number of nitro groups is 1. The number of hydrogen-bond donors (Lipinski definition) is 3. The van der Waals surface area contributed by atoms with Crippen LogP contribution >= 0.6 is 0 Å². The van der Waals surface area contributed by atoms with Crippen molar-refractivity contribution in [3.05, 3.63) is 58.1 Å². The van der Waals surface area contributed by atoms with Crippen molar-refractivity contribution in [3.63, 3.8) is 0 Å². The van der Waals surface area contributed by atoms with Crippen molar-refractivity contribution < 1.29 is 14.8 Å². The number of azo groups is 1. The fourth-order valence-electron chi connectivity index (χ4n) is 2.67. The zero-order chi connectivity index (χ0) is 20.1. The molecule has 9 nitrogen and oxygen atoms in total. The first-order valence-electron chi connectivity index (χ1n) is 8.68. The standard InChI is InChI=1S/C19H19N5O4/c1-12-4-6-13(7-5-12)20-10-2-3-17(25)22-23-18-15-11-14(24(27)28)8-9-16(15)21-19(18)26/h4-9,11,20-21,26H,2-3,10H2,1H3. The Kier molecular flexibility index (Phi) is 5.64. The molecule has 0 aliphatic rings. The molecule has 144 valence electrons. The van der Waals surface area contributed by atoms with E-state index in [9.17, 15) is 20.0 Å². The van der Waals surface area contributed by atoms with E-state index >= 15 is 0 Å². The van der Waals surface area contributed by atoms with Gasteiger partial charge in [0.15, 0.2) is 5.69 Å². The van der Waals surface area contributed by atoms with E-state index in [4.69, 9.17) is 0 Å². The molecule has 0 radical (unpaired) electrons. The summed E-state index contributed by atoms with van der Waals surface area (Å²) in [5.74, 6) is -0.738. The maximum absolute atomic E-state index is 11.9. The Morgan fingerprint density at radius 2 is 2.00 bits per heavy atom. The topological polar surface area (TPSA) is 133 Å². The highest BCUT2D eigenvalue weighted by molar-refractivity contribution is 5.95. The minimum atomic E-state index is -0.545. The van der Waals surface area contributed by atoms with Crippen molar-refractivity contribution in [2.45, 2.75) is 19.8 Å². The number of fused-ring (bicyclic) bond motifs is 1. The van der Waals surface area contributed by atoms with Gasteiger partial charge in [0, 0.05) is 36.2 Å². The highest BCUT2D eigenvalue weighted by atomic mass is 16.6. The van der Waals surface area contributed by atoms with Crippen molar-refractivity contribution in [1.82, 2.24) is 4.98 Å². The number of non-ortho nitro benzene ring substituents is 1. The summed E-state index contributed by atoms with van der Waals surface area (Å²) in [5.41, 5.74) is 2.48. The minimum absolute atomic E-state index is 0.00447. The number of rotatable bonds is 7. The summed E-state index contributed by atoms with van der Waals surface area (Å²) in [7, 11) is 0. The second-order valence-electron chi connectivity index (χ2n) is 6.30. The first-order valence-corrected chi connectivity index (χ1v) is 8.68. The predicted molar refractivity (Wildman–Crippen MR) is 105 cm³/mol. The van der Waals surface area contributed by atoms with Crippen LogP contribution in [0.5, 0.6) is 5.88 Å². The second-order valence-corrected chi connectivity index (χ2v) is 6.30. The van der Waals surface area contributed by atoms with Gasteiger partial charge in [-0.3, -0.25) is 14.9 Å². The third-order valence-electron chi connectivity index (χ3n) is 4.16. The fourth-order valence-corrected chi connectivity index (χ4v) is 2.67. The van der Waals surface area contributed by atoms with Gasteiger partial charge in [-0.15, -0.1) is 10.2 Å². The van der Waals surface area contributed by atoms with Crippen LogP contribution in [0.15, 0.2) is 52.7 Å². The van der Waals surface area contributed by atoms with E-state index in [0.29, 0.717) is 23.9 Å². The number of H-pyrrole nitrogens is 1. The third kappa shape index (κ3) is 4.50. The van der Waals surface area contributed by atoms with E-state index in [2.05, 4.69) is 20.5 Å². The van der Waals surface area contributed by atoms with Crippen LogP contribution in [-0.2, 0) is 4.79 Å². The van der Waals surface area contributed by atoms with Crippen molar-refractivity contribution in [1.29, 1.82) is 0 Å². The number of carbonyl (C=O) groups excluding carboxylic acids is 1. The van der Waals surface area contributed by atoms with Gasteiger partial charge in [-0.2, -0.15) is 0 Å². The molecule has 1 amide bonds. The summed E-state index contributed by atoms with van der Waals surface area (Å²) in [4.78, 5) is 24.9. The van der Waals surface area contributed by atoms with Crippen LogP contribution in [-0.4, -0.2) is 27.5 Å². The van der Waals surface area contributed by atoms with Crippen LogP contribution in [0.1, 0.15) is 18.4 Å². The Labute approximate surface area is 160 Å². The van der Waals surface area contributed by atoms with Crippen molar-refractivity contribution in [3.8, 4) is 5.88 Å². The Hall–Kier alpha value is -3.75. The molecule has 28 heavy (non-hydrogen) atoms. The molecule has 0 bridgehead atoms. The average Bonchev–Trinajstić information content (AvgIpc) is 2.99. The molecule has 1 heterocycles. The number of nitrogens with zero attached hydrogens (tertiary/aromatic N) is 3. The molecule has 9 heteroatoms. The monoisotopic (exact) mass is 381 g/mol. The van der Waals surface area contributed by atoms with Crippen LogP contribution in [0.4, 0.5) is 17.1 Å². The molecule has 0 aliphatic heterocycles. The van der Waals surface area contributed by atoms with Crippen molar-refractivity contribution in [2.24, 2.45) is 10.2 Å². The lowest BCUT2D eigenvalue weighted by Crippen LogP contribution is -2.03. The molecule has 0 spiro atoms. The molecular formula is C19H19N5O4. The molecule has 3 rings (SSSR count). The van der Waals surface area contributed by atoms with Gasteiger partial charge < -0.3 is 15.4 Å². The Balaban J connectivity index is 1.59. The molecule has 0 saturated heterocycles. The summed E-state index contributed by atoms with van der Waals surface area (Å²) in [6.45, 7) is 2.62. The van der Waals surface area contributed by atoms with Crippen molar-refractivity contribution >= 4 is 33.9 Å². The van der Waals surface area contributed by atoms with E-state index in [1.807, 2.05) is 31.2 Å². The summed E-state index contributed by atoms with van der Waals surface area (Å²) < 4.78 is 0. The number of anilines is 1. The lowest BCUT2D eigenvalue weighted by molar-refractivity contribution is -0.384. The second kappa shape index (κ2) is 8.30. The normalized spacial score (nSPS) is 11.2. The van der Waals surface area contributed by atoms with E-state index < -0.39 is 10.8 Å². The fraction of sp³-hybridized carbons (Fsp3) is 0.211. The third-order valence-corrected chi connectivity index (χ3v) is 4.16. The molecular weight excluding hydrogens is 362 g/mol. The van der Waals surface area contributed by atoms with E-state index in [1.54, 1.807) is 0 Å². The van der Waals surface area contributed by atoms with E-state index in [1.165, 1.54) is 23.8 Å². The van der Waals surface area contributed by atoms with E-state index in [-0.39, 0.29) is 23.7 Å². The number of aromatic nitrogens is 1. The molecule has 0 atom stereocenters. The summed E-state index contributed by atoms with van der Waals surface area (Å²) in [6.07, 6.45) is 0.753. The summed E-state index contributed by atoms with van der Waals surface area (Å²) in [6, 6.07) is 12.0. The summed E-state index contributed by atoms with van der Waals surface area (Å²) >= 11 is 0. The minimum Gasteiger partial charge on any atom is -0.493 e. The van der Waals surface area contributed by atoms with Gasteiger partial charge in [-0.1, -0.05) is 17.7 Å². The Morgan fingerprint density at radius 3 is 2.71 bits per heavy atom. The quantitative estimate of drug-likeness (QED) is 0.238. The Bertz CT molecular complexity index is 1040. The number of hydrogen-bond acceptors (Lipinski definition) is 6. The largest absolute Gasteiger partial charge is 0.493 e. The zero-order valence-electron chi connectivity index (χ0n) is 15.2. The van der Waals surface area contributed by atoms with Crippen molar-refractivity contribution in [2.75, 3.05) is 11.9 Å². The van der Waals surface area contributed by atoms with Gasteiger partial charge in [-0.25, -0.2) is 0 Å². The molecule has 0 saturated carbocycles. The van der Waals surface area contributed by atoms with Crippen LogP contribution in [0.25, 0.3) is 10.9 Å². The Morgan fingerprint density at radius 1 is 1.25 bits per heavy atom. The van der Waals surface area contributed by atoms with Crippen LogP contribution in [0.3, 0.4) is 0 Å². The van der Waals surface area contributed by atoms with Gasteiger partial charge in [0.25, 0.3) is 11.6 Å². The van der Waals surface area contributed by atoms with Gasteiger partial charge in [-0.05, 0) is 31.5 Å². The number of benzene rings is 2. The first kappa shape index (κ1) is 19.0. The molecule has 0 fully saturated rings. The number of aromatic amines is 1. The number of amides is 1. The molecule has 2 aromatic carbocycles. The van der Waals surface area contributed by atoms with Gasteiger partial charge in [0.05, 0.1) is 10.4 Å². The lowest BCUT2D eigenvalue weighted by atomic mass is 10.2. The molecule has 0 unspecified atom stereocenters. The maximum Gasteiger partial charge on any atom is 0.270 e. The molecule has 0 aliphatic carbocycles. The number of aryl methyl sites for hydroxylation is 1. The number of carbonyl (C=O) groups is 1. The number of aromatic hydroxyl groups is 1. The number of nitro benzene ring substituents is 1. The van der Waals surface area contributed by atoms with E-state index in [0.717, 1.165) is 5.69 Å². The smallest absolute Gasteiger partial charge is 0.270 e. The summed E-state index contributed by atoms with van der Waals surface area (Å²) in [5, 5.41) is 31.8. The lowest BCUT2D eigenvalue weighted by Gasteiger charge is -2.05. The highest BCUT2D eigenvalue weighted by Crippen LogP contribution is 2.37. The SMILES string of the molecule is Cc1ccc(NCCCC(=O)N=Nc2c(O)[nH]c3ccc([N+](=O)[O-])cc23)cc1. The number of nitrogens with one attached hydrogen (secondary N) is 2. The molecule has 1 aromatic heterocycles. The zero-order valence-corrected chi connectivity index (χ0v) is 15.2. The van der Waals surface area contributed by atoms with Crippen LogP contribution in [0.2, 0.25) is 0 Å². The predicted octanol–water partition coefficient (Wildman–Crippen LogP) is 4.59. The first-order chi connectivity index (χ1) is 13.4. The van der Waals surface area contributed by atoms with Gasteiger partial charge in [0.1, 0.15) is 0 Å². The van der Waals surface area contributed by atoms with Crippen LogP contribution in [0, 0.1) is 17.0 Å².